The van der Waals surface area contributed by atoms with E-state index in [-0.39, 0.29) is 34.7 Å². The number of carbonyl (C=O) groups is 1. The summed E-state index contributed by atoms with van der Waals surface area (Å²) in [4.78, 5) is 12.1. The van der Waals surface area contributed by atoms with Gasteiger partial charge < -0.3 is 13.9 Å². The summed E-state index contributed by atoms with van der Waals surface area (Å²) in [6, 6.07) is 0. The average Bonchev–Trinajstić information content (AvgIpc) is 2.79. The molecule has 1 heterocycles. The maximum atomic E-state index is 12.1. The van der Waals surface area contributed by atoms with Crippen LogP contribution in [0.4, 0.5) is 0 Å². The Morgan fingerprint density at radius 2 is 1.74 bits per heavy atom. The maximum Gasteiger partial charge on any atom is 0.337 e. The highest BCUT2D eigenvalue weighted by Crippen LogP contribution is 2.45. The van der Waals surface area contributed by atoms with E-state index in [0.29, 0.717) is 5.57 Å². The fourth-order valence-corrected chi connectivity index (χ4v) is 4.21. The van der Waals surface area contributed by atoms with Gasteiger partial charge in [0.2, 0.25) is 0 Å². The van der Waals surface area contributed by atoms with E-state index in [2.05, 4.69) is 33.9 Å². The summed E-state index contributed by atoms with van der Waals surface area (Å²) in [6.45, 7) is 17.2. The van der Waals surface area contributed by atoms with E-state index < -0.39 is 8.32 Å². The third kappa shape index (κ3) is 4.18. The van der Waals surface area contributed by atoms with E-state index in [0.717, 1.165) is 12.8 Å². The summed E-state index contributed by atoms with van der Waals surface area (Å²) in [5.74, 6) is -0.116. The first-order valence-corrected chi connectivity index (χ1v) is 11.5. The quantitative estimate of drug-likeness (QED) is 0.330. The summed E-state index contributed by atoms with van der Waals surface area (Å²) in [7, 11) is -1.80. The molecule has 0 aromatic heterocycles. The Labute approximate surface area is 141 Å². The molecule has 132 valence electrons. The van der Waals surface area contributed by atoms with Crippen molar-refractivity contribution in [2.24, 2.45) is 5.92 Å². The van der Waals surface area contributed by atoms with Gasteiger partial charge in [-0.1, -0.05) is 20.8 Å². The highest BCUT2D eigenvalue weighted by atomic mass is 28.4. The maximum absolute atomic E-state index is 12.1. The van der Waals surface area contributed by atoms with Gasteiger partial charge in [-0.25, -0.2) is 4.79 Å². The summed E-state index contributed by atoms with van der Waals surface area (Å²) in [6.07, 6.45) is 3.39. The van der Waals surface area contributed by atoms with Crippen molar-refractivity contribution in [3.8, 4) is 0 Å². The SMILES string of the molecule is CC(C)(C)O/C=C1/C(=O)OC2C[C@@H](O[Si](C)(C)C(C)(C)C)CC12. The first-order valence-electron chi connectivity index (χ1n) is 8.57. The van der Waals surface area contributed by atoms with E-state index in [9.17, 15) is 4.79 Å². The molecule has 0 amide bonds. The molecule has 1 saturated heterocycles. The van der Waals surface area contributed by atoms with Crippen molar-refractivity contribution in [2.75, 3.05) is 0 Å². The van der Waals surface area contributed by atoms with Crippen LogP contribution in [0.2, 0.25) is 18.1 Å². The van der Waals surface area contributed by atoms with E-state index in [1.54, 1.807) is 6.26 Å². The van der Waals surface area contributed by atoms with Crippen LogP contribution < -0.4 is 0 Å². The van der Waals surface area contributed by atoms with Crippen LogP contribution in [-0.4, -0.2) is 32.1 Å². The van der Waals surface area contributed by atoms with E-state index in [1.165, 1.54) is 0 Å². The zero-order chi connectivity index (χ0) is 17.6. The molecule has 23 heavy (non-hydrogen) atoms. The third-order valence-electron chi connectivity index (χ3n) is 5.16. The van der Waals surface area contributed by atoms with Crippen molar-refractivity contribution in [3.63, 3.8) is 0 Å². The largest absolute Gasteiger partial charge is 0.495 e. The fourth-order valence-electron chi connectivity index (χ4n) is 2.83. The first-order chi connectivity index (χ1) is 10.3. The van der Waals surface area contributed by atoms with E-state index in [4.69, 9.17) is 13.9 Å². The topological polar surface area (TPSA) is 44.8 Å². The van der Waals surface area contributed by atoms with Crippen LogP contribution >= 0.6 is 0 Å². The molecule has 1 aliphatic carbocycles. The smallest absolute Gasteiger partial charge is 0.337 e. The molecular weight excluding hydrogens is 308 g/mol. The molecule has 0 aromatic carbocycles. The fraction of sp³-hybridized carbons (Fsp3) is 0.833. The molecule has 2 aliphatic rings. The van der Waals surface area contributed by atoms with Crippen LogP contribution in [0.1, 0.15) is 54.4 Å². The molecule has 1 saturated carbocycles. The van der Waals surface area contributed by atoms with Crippen LogP contribution in [0.3, 0.4) is 0 Å². The Kier molecular flexibility index (Phi) is 4.77. The van der Waals surface area contributed by atoms with Crippen molar-refractivity contribution in [1.82, 2.24) is 0 Å². The summed E-state index contributed by atoms with van der Waals surface area (Å²) in [5, 5.41) is 0.190. The Bertz CT molecular complexity index is 496. The number of carbonyl (C=O) groups excluding carboxylic acids is 1. The van der Waals surface area contributed by atoms with Gasteiger partial charge in [0, 0.05) is 18.4 Å². The number of fused-ring (bicyclic) bond motifs is 1. The van der Waals surface area contributed by atoms with Gasteiger partial charge in [0.1, 0.15) is 6.10 Å². The zero-order valence-corrected chi connectivity index (χ0v) is 16.9. The predicted octanol–water partition coefficient (Wildman–Crippen LogP) is 4.41. The minimum atomic E-state index is -1.80. The van der Waals surface area contributed by atoms with Gasteiger partial charge >= 0.3 is 5.97 Å². The normalized spacial score (nSPS) is 30.5. The molecule has 0 bridgehead atoms. The minimum Gasteiger partial charge on any atom is -0.495 e. The molecule has 1 aliphatic heterocycles. The Hall–Kier alpha value is -0.813. The van der Waals surface area contributed by atoms with Crippen LogP contribution in [0.5, 0.6) is 0 Å². The summed E-state index contributed by atoms with van der Waals surface area (Å²) in [5.41, 5.74) is 0.368. The molecule has 3 atom stereocenters. The number of rotatable bonds is 3. The second-order valence-electron chi connectivity index (χ2n) is 9.33. The predicted molar refractivity (Wildman–Crippen MR) is 93.6 cm³/mol. The molecule has 4 nitrogen and oxygen atoms in total. The highest BCUT2D eigenvalue weighted by Gasteiger charge is 2.50. The zero-order valence-electron chi connectivity index (χ0n) is 15.9. The molecule has 0 radical (unpaired) electrons. The number of ether oxygens (including phenoxy) is 2. The van der Waals surface area contributed by atoms with Crippen LogP contribution in [0.15, 0.2) is 11.8 Å². The lowest BCUT2D eigenvalue weighted by atomic mass is 9.99. The molecule has 0 spiro atoms. The number of hydrogen-bond donors (Lipinski definition) is 0. The van der Waals surface area contributed by atoms with Crippen LogP contribution in [0.25, 0.3) is 0 Å². The molecule has 0 aromatic rings. The lowest BCUT2D eigenvalue weighted by Crippen LogP contribution is -2.43. The minimum absolute atomic E-state index is 0.0490. The van der Waals surface area contributed by atoms with E-state index in [1.807, 2.05) is 20.8 Å². The van der Waals surface area contributed by atoms with Crippen LogP contribution in [-0.2, 0) is 18.7 Å². The lowest BCUT2D eigenvalue weighted by Gasteiger charge is -2.38. The Morgan fingerprint density at radius 3 is 2.26 bits per heavy atom. The third-order valence-corrected chi connectivity index (χ3v) is 9.70. The summed E-state index contributed by atoms with van der Waals surface area (Å²) < 4.78 is 17.7. The van der Waals surface area contributed by atoms with Gasteiger partial charge in [0.05, 0.1) is 17.4 Å². The van der Waals surface area contributed by atoms with Crippen molar-refractivity contribution in [3.05, 3.63) is 11.8 Å². The molecule has 2 fully saturated rings. The van der Waals surface area contributed by atoms with Gasteiger partial charge in [0.15, 0.2) is 8.32 Å². The van der Waals surface area contributed by atoms with Gasteiger partial charge in [-0.15, -0.1) is 0 Å². The second kappa shape index (κ2) is 5.92. The van der Waals surface area contributed by atoms with Gasteiger partial charge in [-0.3, -0.25) is 0 Å². The number of hydrogen-bond acceptors (Lipinski definition) is 4. The van der Waals surface area contributed by atoms with Crippen molar-refractivity contribution >= 4 is 14.3 Å². The number of esters is 1. The van der Waals surface area contributed by atoms with Gasteiger partial charge in [-0.2, -0.15) is 0 Å². The second-order valence-corrected chi connectivity index (χ2v) is 14.1. The summed E-state index contributed by atoms with van der Waals surface area (Å²) >= 11 is 0. The van der Waals surface area contributed by atoms with Crippen molar-refractivity contribution < 1.29 is 18.7 Å². The monoisotopic (exact) mass is 340 g/mol. The van der Waals surface area contributed by atoms with Crippen molar-refractivity contribution in [2.45, 2.75) is 90.3 Å². The molecule has 5 heteroatoms. The van der Waals surface area contributed by atoms with Crippen molar-refractivity contribution in [1.29, 1.82) is 0 Å². The molecule has 2 unspecified atom stereocenters. The van der Waals surface area contributed by atoms with E-state index >= 15 is 0 Å². The lowest BCUT2D eigenvalue weighted by molar-refractivity contribution is -0.139. The average molecular weight is 341 g/mol. The molecular formula is C18H32O4Si. The highest BCUT2D eigenvalue weighted by molar-refractivity contribution is 6.74. The Morgan fingerprint density at radius 1 is 1.13 bits per heavy atom. The van der Waals surface area contributed by atoms with Crippen LogP contribution in [0, 0.1) is 5.92 Å². The van der Waals surface area contributed by atoms with Gasteiger partial charge in [-0.05, 0) is 45.3 Å². The van der Waals surface area contributed by atoms with Gasteiger partial charge in [0.25, 0.3) is 0 Å². The molecule has 2 rings (SSSR count). The Balaban J connectivity index is 2.06. The first kappa shape index (κ1) is 18.5. The molecule has 0 N–H and O–H groups in total. The standard InChI is InChI=1S/C18H32O4Si/c1-17(2,3)20-11-14-13-9-12(10-15(13)21-16(14)19)22-23(7,8)18(4,5)6/h11-13,15H,9-10H2,1-8H3/b14-11+/t12-,13?,15?/m0/s1.